The van der Waals surface area contributed by atoms with Crippen molar-refractivity contribution in [1.29, 1.82) is 0 Å². The Morgan fingerprint density at radius 3 is 2.35 bits per heavy atom. The second-order valence-corrected chi connectivity index (χ2v) is 6.11. The van der Waals surface area contributed by atoms with Crippen LogP contribution in [0.2, 0.25) is 0 Å². The molecular formula is C11H17BrN2O2S. The normalized spacial score (nSPS) is 12.0. The summed E-state index contributed by atoms with van der Waals surface area (Å²) in [6.07, 6.45) is 0. The van der Waals surface area contributed by atoms with Crippen LogP contribution in [0, 0.1) is 0 Å². The van der Waals surface area contributed by atoms with Gasteiger partial charge in [-0.25, -0.2) is 0 Å². The van der Waals surface area contributed by atoms with Crippen molar-refractivity contribution in [3.63, 3.8) is 0 Å². The highest BCUT2D eigenvalue weighted by atomic mass is 79.9. The summed E-state index contributed by atoms with van der Waals surface area (Å²) in [7, 11) is -3.37. The number of nitrogens with one attached hydrogen (secondary N) is 1. The molecule has 0 aromatic heterocycles. The molecule has 1 rings (SSSR count). The molecule has 6 heteroatoms. The topological polar surface area (TPSA) is 49.4 Å². The van der Waals surface area contributed by atoms with Crippen molar-refractivity contribution in [1.82, 2.24) is 9.03 Å². The fraction of sp³-hybridized carbons (Fsp3) is 0.455. The van der Waals surface area contributed by atoms with Gasteiger partial charge in [0, 0.05) is 24.1 Å². The molecule has 0 bridgehead atoms. The van der Waals surface area contributed by atoms with E-state index in [9.17, 15) is 8.42 Å². The van der Waals surface area contributed by atoms with Gasteiger partial charge in [0.25, 0.3) is 10.2 Å². The minimum Gasteiger partial charge on any atom is -0.198 e. The highest BCUT2D eigenvalue weighted by molar-refractivity contribution is 9.10. The van der Waals surface area contributed by atoms with E-state index < -0.39 is 10.2 Å². The van der Waals surface area contributed by atoms with Crippen LogP contribution >= 0.6 is 15.9 Å². The molecule has 96 valence electrons. The molecule has 0 saturated heterocycles. The van der Waals surface area contributed by atoms with E-state index in [-0.39, 0.29) is 0 Å². The lowest BCUT2D eigenvalue weighted by Crippen LogP contribution is -2.40. The van der Waals surface area contributed by atoms with Crippen LogP contribution in [0.25, 0.3) is 0 Å². The molecule has 0 spiro atoms. The second-order valence-electron chi connectivity index (χ2n) is 3.50. The van der Waals surface area contributed by atoms with E-state index in [0.717, 1.165) is 10.0 Å². The fourth-order valence-corrected chi connectivity index (χ4v) is 3.09. The fourth-order valence-electron chi connectivity index (χ4n) is 1.47. The summed E-state index contributed by atoms with van der Waals surface area (Å²) < 4.78 is 28.6. The summed E-state index contributed by atoms with van der Waals surface area (Å²) in [4.78, 5) is 0. The average molecular weight is 321 g/mol. The molecule has 0 aliphatic rings. The second kappa shape index (κ2) is 6.49. The van der Waals surface area contributed by atoms with E-state index in [1.165, 1.54) is 4.31 Å². The maximum absolute atomic E-state index is 11.9. The Balaban J connectivity index is 2.71. The van der Waals surface area contributed by atoms with Crippen LogP contribution in [0.15, 0.2) is 28.7 Å². The molecule has 0 amide bonds. The van der Waals surface area contributed by atoms with Crippen molar-refractivity contribution in [2.24, 2.45) is 0 Å². The van der Waals surface area contributed by atoms with Gasteiger partial charge in [0.1, 0.15) is 0 Å². The molecule has 0 fully saturated rings. The van der Waals surface area contributed by atoms with E-state index in [1.54, 1.807) is 0 Å². The first-order valence-electron chi connectivity index (χ1n) is 5.49. The van der Waals surface area contributed by atoms with E-state index in [2.05, 4.69) is 20.7 Å². The molecule has 0 atom stereocenters. The standard InChI is InChI=1S/C11H17BrN2O2S/c1-3-14(4-2)17(15,16)13-9-10-7-5-6-8-11(10)12/h5-8,13H,3-4,9H2,1-2H3. The Morgan fingerprint density at radius 1 is 1.24 bits per heavy atom. The Kier molecular flexibility index (Phi) is 5.58. The molecule has 17 heavy (non-hydrogen) atoms. The van der Waals surface area contributed by atoms with Crippen LogP contribution < -0.4 is 4.72 Å². The Hall–Kier alpha value is -0.430. The van der Waals surface area contributed by atoms with Crippen molar-refractivity contribution in [2.45, 2.75) is 20.4 Å². The van der Waals surface area contributed by atoms with Crippen LogP contribution in [0.1, 0.15) is 19.4 Å². The lowest BCUT2D eigenvalue weighted by Gasteiger charge is -2.19. The third kappa shape index (κ3) is 4.06. The molecule has 1 aromatic rings. The molecule has 0 saturated carbocycles. The number of benzene rings is 1. The van der Waals surface area contributed by atoms with Gasteiger partial charge in [0.15, 0.2) is 0 Å². The lowest BCUT2D eigenvalue weighted by molar-refractivity contribution is 0.434. The first kappa shape index (κ1) is 14.6. The first-order valence-corrected chi connectivity index (χ1v) is 7.72. The molecule has 1 aromatic carbocycles. The van der Waals surface area contributed by atoms with Gasteiger partial charge in [-0.05, 0) is 11.6 Å². The number of nitrogens with zero attached hydrogens (tertiary/aromatic N) is 1. The summed E-state index contributed by atoms with van der Waals surface area (Å²) in [6.45, 7) is 4.88. The van der Waals surface area contributed by atoms with Crippen LogP contribution in [-0.2, 0) is 16.8 Å². The monoisotopic (exact) mass is 320 g/mol. The molecule has 0 radical (unpaired) electrons. The SMILES string of the molecule is CCN(CC)S(=O)(=O)NCc1ccccc1Br. The Morgan fingerprint density at radius 2 is 1.82 bits per heavy atom. The van der Waals surface area contributed by atoms with Crippen molar-refractivity contribution < 1.29 is 8.42 Å². The van der Waals surface area contributed by atoms with Gasteiger partial charge in [-0.2, -0.15) is 17.4 Å². The van der Waals surface area contributed by atoms with Crippen molar-refractivity contribution in [2.75, 3.05) is 13.1 Å². The number of rotatable bonds is 6. The van der Waals surface area contributed by atoms with E-state index in [1.807, 2.05) is 38.1 Å². The molecule has 0 aliphatic carbocycles. The van der Waals surface area contributed by atoms with Gasteiger partial charge < -0.3 is 0 Å². The first-order chi connectivity index (χ1) is 8.01. The molecular weight excluding hydrogens is 304 g/mol. The van der Waals surface area contributed by atoms with Crippen molar-refractivity contribution in [3.8, 4) is 0 Å². The van der Waals surface area contributed by atoms with Crippen LogP contribution in [0.5, 0.6) is 0 Å². The zero-order chi connectivity index (χ0) is 12.9. The maximum Gasteiger partial charge on any atom is 0.279 e. The van der Waals surface area contributed by atoms with Crippen molar-refractivity contribution >= 4 is 26.1 Å². The quantitative estimate of drug-likeness (QED) is 0.872. The number of hydrogen-bond donors (Lipinski definition) is 1. The molecule has 4 nitrogen and oxygen atoms in total. The minimum atomic E-state index is -3.37. The zero-order valence-electron chi connectivity index (χ0n) is 9.98. The third-order valence-corrected chi connectivity index (χ3v) is 4.93. The zero-order valence-corrected chi connectivity index (χ0v) is 12.4. The molecule has 1 N–H and O–H groups in total. The van der Waals surface area contributed by atoms with E-state index in [0.29, 0.717) is 19.6 Å². The summed E-state index contributed by atoms with van der Waals surface area (Å²) >= 11 is 3.39. The molecule has 0 aliphatic heterocycles. The van der Waals surface area contributed by atoms with Gasteiger partial charge in [-0.15, -0.1) is 0 Å². The number of halogens is 1. The minimum absolute atomic E-state index is 0.292. The van der Waals surface area contributed by atoms with Crippen LogP contribution in [0.4, 0.5) is 0 Å². The maximum atomic E-state index is 11.9. The van der Waals surface area contributed by atoms with E-state index in [4.69, 9.17) is 0 Å². The average Bonchev–Trinajstić information content (AvgIpc) is 2.29. The van der Waals surface area contributed by atoms with Gasteiger partial charge >= 0.3 is 0 Å². The van der Waals surface area contributed by atoms with Gasteiger partial charge in [0.05, 0.1) is 0 Å². The summed E-state index contributed by atoms with van der Waals surface area (Å²) in [6, 6.07) is 7.55. The van der Waals surface area contributed by atoms with E-state index >= 15 is 0 Å². The lowest BCUT2D eigenvalue weighted by atomic mass is 10.2. The van der Waals surface area contributed by atoms with Gasteiger partial charge in [-0.3, -0.25) is 0 Å². The van der Waals surface area contributed by atoms with Crippen molar-refractivity contribution in [3.05, 3.63) is 34.3 Å². The predicted octanol–water partition coefficient (Wildman–Crippen LogP) is 2.13. The van der Waals surface area contributed by atoms with Gasteiger partial charge in [0.2, 0.25) is 0 Å². The van der Waals surface area contributed by atoms with Gasteiger partial charge in [-0.1, -0.05) is 48.0 Å². The molecule has 0 heterocycles. The smallest absolute Gasteiger partial charge is 0.198 e. The van der Waals surface area contributed by atoms with Crippen LogP contribution in [-0.4, -0.2) is 25.8 Å². The summed E-state index contributed by atoms with van der Waals surface area (Å²) in [5.41, 5.74) is 0.920. The Bertz CT molecular complexity index is 458. The summed E-state index contributed by atoms with van der Waals surface area (Å²) in [5.74, 6) is 0. The summed E-state index contributed by atoms with van der Waals surface area (Å²) in [5, 5.41) is 0. The third-order valence-electron chi connectivity index (χ3n) is 2.45. The highest BCUT2D eigenvalue weighted by Crippen LogP contribution is 2.15. The number of hydrogen-bond acceptors (Lipinski definition) is 2. The highest BCUT2D eigenvalue weighted by Gasteiger charge is 2.17. The van der Waals surface area contributed by atoms with Crippen LogP contribution in [0.3, 0.4) is 0 Å². The Labute approximate surface area is 111 Å². The largest absolute Gasteiger partial charge is 0.279 e. The molecule has 0 unspecified atom stereocenters. The predicted molar refractivity (Wildman–Crippen MR) is 72.8 cm³/mol.